The molecule has 1 aliphatic heterocycles. The summed E-state index contributed by atoms with van der Waals surface area (Å²) in [5, 5.41) is 11.9. The van der Waals surface area contributed by atoms with E-state index < -0.39 is 11.2 Å². The molecule has 1 aliphatic rings. The molecule has 0 aromatic heterocycles. The van der Waals surface area contributed by atoms with Gasteiger partial charge in [0.1, 0.15) is 5.25 Å². The number of nitrogens with zero attached hydrogens (tertiary/aromatic N) is 1. The van der Waals surface area contributed by atoms with Crippen LogP contribution < -0.4 is 16.4 Å². The number of nitrogens with one attached hydrogen (secondary N) is 3. The summed E-state index contributed by atoms with van der Waals surface area (Å²) >= 11 is 4.40. The van der Waals surface area contributed by atoms with Gasteiger partial charge in [-0.25, -0.2) is 0 Å². The Labute approximate surface area is 133 Å². The van der Waals surface area contributed by atoms with E-state index in [0.29, 0.717) is 5.69 Å². The summed E-state index contributed by atoms with van der Waals surface area (Å²) in [7, 11) is 0. The molecule has 1 saturated heterocycles. The molecule has 9 heteroatoms. The molecule has 0 bridgehead atoms. The van der Waals surface area contributed by atoms with E-state index in [9.17, 15) is 9.59 Å². The Balaban J connectivity index is 1.92. The summed E-state index contributed by atoms with van der Waals surface area (Å²) < 4.78 is 0.913. The highest BCUT2D eigenvalue weighted by Crippen LogP contribution is 2.23. The zero-order chi connectivity index (χ0) is 15.4. The first-order valence-electron chi connectivity index (χ1n) is 5.89. The lowest BCUT2D eigenvalue weighted by Crippen LogP contribution is -2.28. The van der Waals surface area contributed by atoms with Crippen molar-refractivity contribution in [3.63, 3.8) is 0 Å². The number of rotatable bonds is 3. The van der Waals surface area contributed by atoms with Crippen molar-refractivity contribution in [2.24, 2.45) is 10.7 Å². The third kappa shape index (κ3) is 4.57. The Morgan fingerprint density at radius 1 is 1.48 bits per heavy atom. The fourth-order valence-electron chi connectivity index (χ4n) is 1.62. The minimum atomic E-state index is -0.571. The van der Waals surface area contributed by atoms with Crippen molar-refractivity contribution in [1.29, 1.82) is 5.41 Å². The molecule has 7 nitrogen and oxygen atoms in total. The molecule has 21 heavy (non-hydrogen) atoms. The van der Waals surface area contributed by atoms with Gasteiger partial charge >= 0.3 is 0 Å². The molecule has 1 aromatic carbocycles. The Hall–Kier alpha value is -1.87. The molecular weight excluding hydrogens is 358 g/mol. The van der Waals surface area contributed by atoms with Crippen molar-refractivity contribution >= 4 is 56.3 Å². The number of thioether (sulfide) groups is 1. The number of benzene rings is 1. The van der Waals surface area contributed by atoms with Gasteiger partial charge in [-0.05, 0) is 24.3 Å². The molecule has 1 unspecified atom stereocenters. The van der Waals surface area contributed by atoms with Crippen molar-refractivity contribution in [2.75, 3.05) is 5.32 Å². The lowest BCUT2D eigenvalue weighted by atomic mass is 10.2. The highest BCUT2D eigenvalue weighted by Gasteiger charge is 2.32. The fraction of sp³-hybridized carbons (Fsp3) is 0.167. The monoisotopic (exact) mass is 369 g/mol. The molecule has 2 rings (SSSR count). The van der Waals surface area contributed by atoms with Crippen LogP contribution in [0.25, 0.3) is 0 Å². The average molecular weight is 370 g/mol. The number of aliphatic imine (C=N–C) groups is 1. The largest absolute Gasteiger partial charge is 0.368 e. The van der Waals surface area contributed by atoms with E-state index in [2.05, 4.69) is 31.6 Å². The third-order valence-corrected chi connectivity index (χ3v) is 4.11. The van der Waals surface area contributed by atoms with Crippen LogP contribution >= 0.6 is 27.7 Å². The van der Waals surface area contributed by atoms with Crippen molar-refractivity contribution in [3.05, 3.63) is 28.7 Å². The molecule has 1 heterocycles. The molecular formula is C12H12BrN5O2S. The van der Waals surface area contributed by atoms with E-state index in [1.165, 1.54) is 0 Å². The van der Waals surface area contributed by atoms with Crippen molar-refractivity contribution in [2.45, 2.75) is 11.7 Å². The molecule has 0 radical (unpaired) electrons. The predicted molar refractivity (Wildman–Crippen MR) is 86.3 cm³/mol. The van der Waals surface area contributed by atoms with Crippen LogP contribution in [0.15, 0.2) is 33.7 Å². The van der Waals surface area contributed by atoms with Gasteiger partial charge in [-0.2, -0.15) is 4.99 Å². The third-order valence-electron chi connectivity index (χ3n) is 2.50. The maximum Gasteiger partial charge on any atom is 0.240 e. The van der Waals surface area contributed by atoms with Gasteiger partial charge in [0.2, 0.25) is 17.8 Å². The normalized spacial score (nSPS) is 19.4. The number of nitrogens with two attached hydrogens (primary N) is 1. The molecule has 5 N–H and O–H groups in total. The van der Waals surface area contributed by atoms with Crippen LogP contribution in [0.3, 0.4) is 0 Å². The topological polar surface area (TPSA) is 120 Å². The predicted octanol–water partition coefficient (Wildman–Crippen LogP) is 1.26. The number of carbonyl (C=O) groups is 2. The SMILES string of the molecule is N=C(N)N=C1NC(=O)C(CC(=O)Nc2ccc(Br)cc2)S1. The molecule has 0 aliphatic carbocycles. The molecule has 1 aromatic rings. The second kappa shape index (κ2) is 6.72. The van der Waals surface area contributed by atoms with E-state index in [0.717, 1.165) is 16.2 Å². The standard InChI is InChI=1S/C12H12BrN5O2S/c13-6-1-3-7(4-2-6)16-9(19)5-8-10(20)17-12(21-8)18-11(14)15/h1-4,8H,5H2,(H,16,19)(H4,14,15,17,18,20). The quantitative estimate of drug-likeness (QED) is 0.473. The molecule has 0 saturated carbocycles. The number of amides is 2. The van der Waals surface area contributed by atoms with Crippen LogP contribution in [-0.2, 0) is 9.59 Å². The summed E-state index contributed by atoms with van der Waals surface area (Å²) in [4.78, 5) is 27.2. The minimum Gasteiger partial charge on any atom is -0.368 e. The van der Waals surface area contributed by atoms with Gasteiger partial charge in [0.05, 0.1) is 0 Å². The van der Waals surface area contributed by atoms with Crippen LogP contribution in [0.5, 0.6) is 0 Å². The van der Waals surface area contributed by atoms with Crippen LogP contribution in [0, 0.1) is 5.41 Å². The maximum atomic E-state index is 11.9. The Morgan fingerprint density at radius 2 is 2.14 bits per heavy atom. The van der Waals surface area contributed by atoms with E-state index in [4.69, 9.17) is 11.1 Å². The number of amidine groups is 1. The lowest BCUT2D eigenvalue weighted by Gasteiger charge is -2.07. The van der Waals surface area contributed by atoms with Crippen LogP contribution in [0.2, 0.25) is 0 Å². The number of guanidine groups is 1. The van der Waals surface area contributed by atoms with Gasteiger partial charge in [0, 0.05) is 16.6 Å². The van der Waals surface area contributed by atoms with Crippen LogP contribution in [0.4, 0.5) is 5.69 Å². The summed E-state index contributed by atoms with van der Waals surface area (Å²) in [6, 6.07) is 7.13. The van der Waals surface area contributed by atoms with Crippen molar-refractivity contribution in [1.82, 2.24) is 5.32 Å². The zero-order valence-electron chi connectivity index (χ0n) is 10.7. The number of halogens is 1. The van der Waals surface area contributed by atoms with Gasteiger partial charge in [0.15, 0.2) is 5.17 Å². The molecule has 0 spiro atoms. The van der Waals surface area contributed by atoms with E-state index in [1.807, 2.05) is 12.1 Å². The minimum absolute atomic E-state index is 0.0173. The van der Waals surface area contributed by atoms with E-state index >= 15 is 0 Å². The van der Waals surface area contributed by atoms with Crippen molar-refractivity contribution in [3.8, 4) is 0 Å². The van der Waals surface area contributed by atoms with Gasteiger partial charge in [-0.15, -0.1) is 0 Å². The summed E-state index contributed by atoms with van der Waals surface area (Å²) in [5.74, 6) is -0.974. The van der Waals surface area contributed by atoms with Gasteiger partial charge < -0.3 is 16.4 Å². The number of carbonyl (C=O) groups excluding carboxylic acids is 2. The smallest absolute Gasteiger partial charge is 0.240 e. The average Bonchev–Trinajstić information content (AvgIpc) is 2.71. The van der Waals surface area contributed by atoms with Gasteiger partial charge in [-0.1, -0.05) is 27.7 Å². The summed E-state index contributed by atoms with van der Waals surface area (Å²) in [6.45, 7) is 0. The Kier molecular flexibility index (Phi) is 4.97. The molecule has 1 fully saturated rings. The maximum absolute atomic E-state index is 11.9. The first kappa shape index (κ1) is 15.5. The van der Waals surface area contributed by atoms with Crippen LogP contribution in [0.1, 0.15) is 6.42 Å². The van der Waals surface area contributed by atoms with Crippen molar-refractivity contribution < 1.29 is 9.59 Å². The second-order valence-electron chi connectivity index (χ2n) is 4.16. The first-order chi connectivity index (χ1) is 9.94. The number of anilines is 1. The molecule has 110 valence electrons. The van der Waals surface area contributed by atoms with Gasteiger partial charge in [-0.3, -0.25) is 15.0 Å². The van der Waals surface area contributed by atoms with E-state index in [-0.39, 0.29) is 23.4 Å². The second-order valence-corrected chi connectivity index (χ2v) is 6.26. The fourth-order valence-corrected chi connectivity index (χ4v) is 2.86. The Morgan fingerprint density at radius 3 is 2.76 bits per heavy atom. The molecule has 1 atom stereocenters. The molecule has 2 amide bonds. The lowest BCUT2D eigenvalue weighted by molar-refractivity contribution is -0.122. The van der Waals surface area contributed by atoms with Gasteiger partial charge in [0.25, 0.3) is 0 Å². The number of hydrogen-bond acceptors (Lipinski definition) is 4. The number of hydrogen-bond donors (Lipinski definition) is 4. The van der Waals surface area contributed by atoms with Crippen LogP contribution in [-0.4, -0.2) is 28.2 Å². The first-order valence-corrected chi connectivity index (χ1v) is 7.57. The Bertz CT molecular complexity index is 617. The summed E-state index contributed by atoms with van der Waals surface area (Å²) in [6.07, 6.45) is 0.0173. The van der Waals surface area contributed by atoms with E-state index in [1.54, 1.807) is 12.1 Å². The summed E-state index contributed by atoms with van der Waals surface area (Å²) in [5.41, 5.74) is 5.78. The highest BCUT2D eigenvalue weighted by atomic mass is 79.9. The zero-order valence-corrected chi connectivity index (χ0v) is 13.1. The highest BCUT2D eigenvalue weighted by molar-refractivity contribution is 9.10.